The third-order valence-electron chi connectivity index (χ3n) is 4.85. The quantitative estimate of drug-likeness (QED) is 0.237. The first kappa shape index (κ1) is 22.2. The van der Waals surface area contributed by atoms with Crippen LogP contribution in [-0.4, -0.2) is 10.8 Å². The standard InChI is InChI=1S/C25H21N3O4/c1-17-6-9-22(12-18(17)2)27-25(29)21(15-26)13-20-4-3-5-24(14-20)32-16-19-7-10-23(11-8-19)28(30)31/h3-14H,16H2,1-2H3,(H,27,29)/b21-13-. The molecule has 0 saturated heterocycles. The molecule has 7 nitrogen and oxygen atoms in total. The third kappa shape index (κ3) is 5.80. The van der Waals surface area contributed by atoms with Crippen LogP contribution in [0.25, 0.3) is 6.08 Å². The monoisotopic (exact) mass is 427 g/mol. The van der Waals surface area contributed by atoms with E-state index in [0.717, 1.165) is 16.7 Å². The number of nitrogens with one attached hydrogen (secondary N) is 1. The van der Waals surface area contributed by atoms with Crippen LogP contribution in [0, 0.1) is 35.3 Å². The summed E-state index contributed by atoms with van der Waals surface area (Å²) in [6.07, 6.45) is 1.50. The van der Waals surface area contributed by atoms with Gasteiger partial charge in [-0.25, -0.2) is 0 Å². The minimum Gasteiger partial charge on any atom is -0.489 e. The number of aryl methyl sites for hydroxylation is 2. The normalized spacial score (nSPS) is 10.8. The van der Waals surface area contributed by atoms with Gasteiger partial charge in [0.1, 0.15) is 24.0 Å². The summed E-state index contributed by atoms with van der Waals surface area (Å²) in [5.74, 6) is 0.0527. The molecule has 0 aliphatic heterocycles. The molecule has 0 fully saturated rings. The first-order valence-corrected chi connectivity index (χ1v) is 9.82. The Morgan fingerprint density at radius 2 is 1.84 bits per heavy atom. The zero-order valence-corrected chi connectivity index (χ0v) is 17.7. The fourth-order valence-corrected chi connectivity index (χ4v) is 2.91. The number of hydrogen-bond acceptors (Lipinski definition) is 5. The number of rotatable bonds is 7. The molecule has 3 aromatic rings. The lowest BCUT2D eigenvalue weighted by Crippen LogP contribution is -2.13. The lowest BCUT2D eigenvalue weighted by molar-refractivity contribution is -0.384. The number of benzene rings is 3. The highest BCUT2D eigenvalue weighted by atomic mass is 16.6. The van der Waals surface area contributed by atoms with Gasteiger partial charge >= 0.3 is 0 Å². The average molecular weight is 427 g/mol. The molecule has 0 bridgehead atoms. The van der Waals surface area contributed by atoms with Gasteiger partial charge in [-0.2, -0.15) is 5.26 Å². The highest BCUT2D eigenvalue weighted by Crippen LogP contribution is 2.20. The molecule has 160 valence electrons. The van der Waals surface area contributed by atoms with Crippen LogP contribution in [0.15, 0.2) is 72.3 Å². The summed E-state index contributed by atoms with van der Waals surface area (Å²) in [4.78, 5) is 22.8. The molecule has 7 heteroatoms. The van der Waals surface area contributed by atoms with Crippen LogP contribution in [0.4, 0.5) is 11.4 Å². The van der Waals surface area contributed by atoms with Crippen LogP contribution in [0.5, 0.6) is 5.75 Å². The summed E-state index contributed by atoms with van der Waals surface area (Å²) in [6, 6.07) is 20.6. The zero-order chi connectivity index (χ0) is 23.1. The maximum Gasteiger partial charge on any atom is 0.269 e. The van der Waals surface area contributed by atoms with Gasteiger partial charge in [0.05, 0.1) is 4.92 Å². The smallest absolute Gasteiger partial charge is 0.269 e. The van der Waals surface area contributed by atoms with E-state index in [1.807, 2.05) is 32.0 Å². The van der Waals surface area contributed by atoms with E-state index in [1.165, 1.54) is 18.2 Å². The fourth-order valence-electron chi connectivity index (χ4n) is 2.91. The van der Waals surface area contributed by atoms with Gasteiger partial charge in [-0.05, 0) is 78.6 Å². The molecule has 0 aromatic heterocycles. The molecule has 0 unspecified atom stereocenters. The van der Waals surface area contributed by atoms with E-state index in [2.05, 4.69) is 5.32 Å². The van der Waals surface area contributed by atoms with Gasteiger partial charge in [0.15, 0.2) is 0 Å². The van der Waals surface area contributed by atoms with E-state index in [4.69, 9.17) is 4.74 Å². The van der Waals surface area contributed by atoms with Gasteiger partial charge in [-0.3, -0.25) is 14.9 Å². The predicted octanol–water partition coefficient (Wildman–Crippen LogP) is 5.34. The summed E-state index contributed by atoms with van der Waals surface area (Å²) >= 11 is 0. The van der Waals surface area contributed by atoms with Crippen molar-refractivity contribution in [1.29, 1.82) is 5.26 Å². The molecule has 0 heterocycles. The third-order valence-corrected chi connectivity index (χ3v) is 4.85. The van der Waals surface area contributed by atoms with E-state index < -0.39 is 10.8 Å². The molecular weight excluding hydrogens is 406 g/mol. The maximum atomic E-state index is 12.5. The molecule has 3 aromatic carbocycles. The molecule has 32 heavy (non-hydrogen) atoms. The van der Waals surface area contributed by atoms with Crippen LogP contribution in [-0.2, 0) is 11.4 Å². The van der Waals surface area contributed by atoms with Crippen molar-refractivity contribution in [3.63, 3.8) is 0 Å². The van der Waals surface area contributed by atoms with Crippen molar-refractivity contribution in [2.75, 3.05) is 5.32 Å². The van der Waals surface area contributed by atoms with Crippen molar-refractivity contribution in [2.45, 2.75) is 20.5 Å². The molecule has 1 N–H and O–H groups in total. The number of ether oxygens (including phenoxy) is 1. The van der Waals surface area contributed by atoms with E-state index in [9.17, 15) is 20.2 Å². The van der Waals surface area contributed by atoms with E-state index in [-0.39, 0.29) is 17.9 Å². The van der Waals surface area contributed by atoms with E-state index >= 15 is 0 Å². The number of hydrogen-bond donors (Lipinski definition) is 1. The number of anilines is 1. The second-order valence-electron chi connectivity index (χ2n) is 7.21. The second-order valence-corrected chi connectivity index (χ2v) is 7.21. The molecule has 0 aliphatic rings. The molecule has 3 rings (SSSR count). The predicted molar refractivity (Wildman–Crippen MR) is 122 cm³/mol. The minimum atomic E-state index is -0.493. The first-order valence-electron chi connectivity index (χ1n) is 9.82. The van der Waals surface area contributed by atoms with E-state index in [0.29, 0.717) is 17.0 Å². The van der Waals surface area contributed by atoms with Crippen molar-refractivity contribution in [3.8, 4) is 11.8 Å². The number of carbonyl (C=O) groups is 1. The molecule has 0 atom stereocenters. The Morgan fingerprint density at radius 1 is 1.09 bits per heavy atom. The summed E-state index contributed by atoms with van der Waals surface area (Å²) in [7, 11) is 0. The molecule has 1 amide bonds. The van der Waals surface area contributed by atoms with Crippen LogP contribution >= 0.6 is 0 Å². The summed E-state index contributed by atoms with van der Waals surface area (Å²) in [5, 5.41) is 22.9. The first-order chi connectivity index (χ1) is 15.4. The van der Waals surface area contributed by atoms with Crippen molar-refractivity contribution < 1.29 is 14.5 Å². The highest BCUT2D eigenvalue weighted by Gasteiger charge is 2.10. The van der Waals surface area contributed by atoms with Crippen molar-refractivity contribution in [2.24, 2.45) is 0 Å². The Bertz CT molecular complexity index is 1220. The second kappa shape index (κ2) is 10.0. The van der Waals surface area contributed by atoms with Crippen LogP contribution < -0.4 is 10.1 Å². The molecule has 0 radical (unpaired) electrons. The average Bonchev–Trinajstić information content (AvgIpc) is 2.79. The lowest BCUT2D eigenvalue weighted by atomic mass is 10.1. The summed E-state index contributed by atoms with van der Waals surface area (Å²) in [6.45, 7) is 4.16. The Balaban J connectivity index is 1.69. The number of nitriles is 1. The highest BCUT2D eigenvalue weighted by molar-refractivity contribution is 6.09. The zero-order valence-electron chi connectivity index (χ0n) is 17.7. The van der Waals surface area contributed by atoms with Crippen molar-refractivity contribution in [3.05, 3.63) is 105 Å². The molecule has 0 spiro atoms. The molecule has 0 saturated carbocycles. The fraction of sp³-hybridized carbons (Fsp3) is 0.120. The number of amides is 1. The topological polar surface area (TPSA) is 105 Å². The van der Waals surface area contributed by atoms with Gasteiger partial charge in [-0.1, -0.05) is 18.2 Å². The molecule has 0 aliphatic carbocycles. The Hall–Kier alpha value is -4.44. The van der Waals surface area contributed by atoms with Crippen molar-refractivity contribution in [1.82, 2.24) is 0 Å². The Morgan fingerprint density at radius 3 is 2.50 bits per heavy atom. The number of nitro benzene ring substituents is 1. The number of nitro groups is 1. The van der Waals surface area contributed by atoms with Crippen molar-refractivity contribution >= 4 is 23.4 Å². The Labute approximate surface area is 185 Å². The van der Waals surface area contributed by atoms with Gasteiger partial charge in [0.25, 0.3) is 11.6 Å². The summed E-state index contributed by atoms with van der Waals surface area (Å²) < 4.78 is 5.75. The number of nitrogens with zero attached hydrogens (tertiary/aromatic N) is 2. The van der Waals surface area contributed by atoms with Gasteiger partial charge in [-0.15, -0.1) is 0 Å². The van der Waals surface area contributed by atoms with Crippen LogP contribution in [0.3, 0.4) is 0 Å². The number of carbonyl (C=O) groups excluding carboxylic acids is 1. The molecular formula is C25H21N3O4. The van der Waals surface area contributed by atoms with Gasteiger partial charge < -0.3 is 10.1 Å². The largest absolute Gasteiger partial charge is 0.489 e. The minimum absolute atomic E-state index is 0.0176. The van der Waals surface area contributed by atoms with Crippen LogP contribution in [0.2, 0.25) is 0 Å². The number of non-ortho nitro benzene ring substituents is 1. The van der Waals surface area contributed by atoms with Crippen LogP contribution in [0.1, 0.15) is 22.3 Å². The van der Waals surface area contributed by atoms with Gasteiger partial charge in [0.2, 0.25) is 0 Å². The van der Waals surface area contributed by atoms with Gasteiger partial charge in [0, 0.05) is 17.8 Å². The maximum absolute atomic E-state index is 12.5. The SMILES string of the molecule is Cc1ccc(NC(=O)/C(C#N)=C\c2cccc(OCc3ccc([N+](=O)[O-])cc3)c2)cc1C. The van der Waals surface area contributed by atoms with E-state index in [1.54, 1.807) is 42.5 Å². The summed E-state index contributed by atoms with van der Waals surface area (Å²) in [5.41, 5.74) is 4.19. The lowest BCUT2D eigenvalue weighted by Gasteiger charge is -2.08. The Kier molecular flexibility index (Phi) is 6.99.